The van der Waals surface area contributed by atoms with Crippen LogP contribution in [0.2, 0.25) is 10.0 Å². The van der Waals surface area contributed by atoms with Gasteiger partial charge in [0, 0.05) is 18.7 Å². The van der Waals surface area contributed by atoms with E-state index in [0.717, 1.165) is 23.6 Å². The minimum atomic E-state index is 0.189. The molecule has 5 heteroatoms. The zero-order chi connectivity index (χ0) is 13.3. The van der Waals surface area contributed by atoms with Gasteiger partial charge in [-0.3, -0.25) is 0 Å². The van der Waals surface area contributed by atoms with Crippen LogP contribution >= 0.6 is 35.4 Å². The van der Waals surface area contributed by atoms with Crippen LogP contribution in [0.3, 0.4) is 0 Å². The highest BCUT2D eigenvalue weighted by Gasteiger charge is 2.24. The van der Waals surface area contributed by atoms with Crippen molar-refractivity contribution in [2.24, 2.45) is 0 Å². The maximum atomic E-state index is 6.02. The maximum Gasteiger partial charge on any atom is 0.109 e. The number of morpholine rings is 1. The van der Waals surface area contributed by atoms with Crippen molar-refractivity contribution in [2.75, 3.05) is 13.1 Å². The number of rotatable bonds is 1. The number of thiocarbonyl (C=S) groups is 1. The third-order valence-electron chi connectivity index (χ3n) is 2.87. The van der Waals surface area contributed by atoms with Crippen LogP contribution in [0.4, 0.5) is 0 Å². The predicted molar refractivity (Wildman–Crippen MR) is 79.7 cm³/mol. The number of benzene rings is 1. The van der Waals surface area contributed by atoms with Crippen LogP contribution in [0.25, 0.3) is 0 Å². The Balaban J connectivity index is 2.17. The second kappa shape index (κ2) is 5.74. The number of hydrogen-bond donors (Lipinski definition) is 0. The van der Waals surface area contributed by atoms with E-state index in [9.17, 15) is 0 Å². The average Bonchev–Trinajstić information content (AvgIpc) is 2.30. The summed E-state index contributed by atoms with van der Waals surface area (Å²) >= 11 is 17.4. The summed E-state index contributed by atoms with van der Waals surface area (Å²) in [5, 5.41) is 1.08. The Morgan fingerprint density at radius 3 is 2.39 bits per heavy atom. The maximum absolute atomic E-state index is 6.02. The summed E-state index contributed by atoms with van der Waals surface area (Å²) in [6.45, 7) is 5.73. The molecule has 1 aliphatic rings. The average molecular weight is 304 g/mol. The Morgan fingerprint density at radius 1 is 1.22 bits per heavy atom. The lowest BCUT2D eigenvalue weighted by atomic mass is 10.1. The molecule has 98 valence electrons. The van der Waals surface area contributed by atoms with Crippen LogP contribution in [-0.2, 0) is 4.74 Å². The summed E-state index contributed by atoms with van der Waals surface area (Å²) in [5.74, 6) is 0. The summed E-state index contributed by atoms with van der Waals surface area (Å²) < 4.78 is 5.70. The number of nitrogens with zero attached hydrogens (tertiary/aromatic N) is 1. The van der Waals surface area contributed by atoms with Crippen LogP contribution in [-0.4, -0.2) is 35.2 Å². The second-order valence-corrected chi connectivity index (χ2v) is 5.80. The molecule has 1 aliphatic heterocycles. The first kappa shape index (κ1) is 14.1. The van der Waals surface area contributed by atoms with Crippen LogP contribution in [0.1, 0.15) is 19.4 Å². The van der Waals surface area contributed by atoms with Gasteiger partial charge in [-0.05, 0) is 26.0 Å². The van der Waals surface area contributed by atoms with Crippen molar-refractivity contribution in [3.8, 4) is 0 Å². The van der Waals surface area contributed by atoms with E-state index in [-0.39, 0.29) is 12.2 Å². The van der Waals surface area contributed by atoms with E-state index >= 15 is 0 Å². The van der Waals surface area contributed by atoms with Crippen LogP contribution in [0.5, 0.6) is 0 Å². The first-order valence-corrected chi connectivity index (χ1v) is 7.03. The van der Waals surface area contributed by atoms with Crippen molar-refractivity contribution >= 4 is 40.4 Å². The Kier molecular flexibility index (Phi) is 4.49. The molecule has 2 atom stereocenters. The highest BCUT2D eigenvalue weighted by Crippen LogP contribution is 2.24. The molecule has 0 aromatic heterocycles. The fraction of sp³-hybridized carbons (Fsp3) is 0.462. The van der Waals surface area contributed by atoms with Crippen LogP contribution in [0.15, 0.2) is 18.2 Å². The largest absolute Gasteiger partial charge is 0.372 e. The number of hydrogen-bond acceptors (Lipinski definition) is 2. The second-order valence-electron chi connectivity index (χ2n) is 4.60. The molecule has 0 unspecified atom stereocenters. The smallest absolute Gasteiger partial charge is 0.109 e. The van der Waals surface area contributed by atoms with E-state index in [2.05, 4.69) is 18.7 Å². The van der Waals surface area contributed by atoms with Gasteiger partial charge in [0.1, 0.15) is 4.99 Å². The monoisotopic (exact) mass is 303 g/mol. The molecule has 1 fully saturated rings. The molecule has 0 aliphatic carbocycles. The molecule has 18 heavy (non-hydrogen) atoms. The first-order chi connectivity index (χ1) is 8.47. The topological polar surface area (TPSA) is 12.5 Å². The molecule has 1 aromatic rings. The lowest BCUT2D eigenvalue weighted by Gasteiger charge is -2.37. The standard InChI is InChI=1S/C13H15Cl2NOS/c1-8-6-16(7-9(2)17-8)13(18)10-3-4-11(14)12(15)5-10/h3-5,8-9H,6-7H2,1-2H3/t8-,9-/m0/s1. The molecule has 2 rings (SSSR count). The van der Waals surface area contributed by atoms with Gasteiger partial charge >= 0.3 is 0 Å². The molecule has 0 N–H and O–H groups in total. The normalized spacial score (nSPS) is 24.1. The zero-order valence-corrected chi connectivity index (χ0v) is 12.6. The van der Waals surface area contributed by atoms with Crippen molar-refractivity contribution in [1.29, 1.82) is 0 Å². The van der Waals surface area contributed by atoms with Gasteiger partial charge in [0.05, 0.1) is 22.3 Å². The molecule has 1 aromatic carbocycles. The molecule has 1 heterocycles. The van der Waals surface area contributed by atoms with Crippen molar-refractivity contribution in [3.05, 3.63) is 33.8 Å². The van der Waals surface area contributed by atoms with Gasteiger partial charge in [-0.25, -0.2) is 0 Å². The van der Waals surface area contributed by atoms with Gasteiger partial charge in [0.25, 0.3) is 0 Å². The van der Waals surface area contributed by atoms with Gasteiger partial charge in [0.2, 0.25) is 0 Å². The van der Waals surface area contributed by atoms with Crippen molar-refractivity contribution in [2.45, 2.75) is 26.1 Å². The molecule has 0 bridgehead atoms. The van der Waals surface area contributed by atoms with Crippen molar-refractivity contribution in [1.82, 2.24) is 4.90 Å². The number of halogens is 2. The fourth-order valence-corrected chi connectivity index (χ4v) is 2.73. The zero-order valence-electron chi connectivity index (χ0n) is 10.3. The van der Waals surface area contributed by atoms with E-state index in [4.69, 9.17) is 40.2 Å². The summed E-state index contributed by atoms with van der Waals surface area (Å²) in [6.07, 6.45) is 0.379. The Morgan fingerprint density at radius 2 is 1.83 bits per heavy atom. The van der Waals surface area contributed by atoms with E-state index in [1.54, 1.807) is 6.07 Å². The molecule has 0 radical (unpaired) electrons. The highest BCUT2D eigenvalue weighted by atomic mass is 35.5. The molecule has 0 spiro atoms. The lowest BCUT2D eigenvalue weighted by molar-refractivity contribution is -0.0472. The Labute approximate surface area is 123 Å². The van der Waals surface area contributed by atoms with E-state index in [1.807, 2.05) is 12.1 Å². The van der Waals surface area contributed by atoms with Crippen molar-refractivity contribution in [3.63, 3.8) is 0 Å². The quantitative estimate of drug-likeness (QED) is 0.733. The van der Waals surface area contributed by atoms with E-state index < -0.39 is 0 Å². The minimum Gasteiger partial charge on any atom is -0.372 e. The molecule has 0 saturated carbocycles. The van der Waals surface area contributed by atoms with E-state index in [1.165, 1.54) is 0 Å². The van der Waals surface area contributed by atoms with Crippen LogP contribution in [0, 0.1) is 0 Å². The summed E-state index contributed by atoms with van der Waals surface area (Å²) in [7, 11) is 0. The SMILES string of the molecule is C[C@H]1CN(C(=S)c2ccc(Cl)c(Cl)c2)C[C@H](C)O1. The molecule has 2 nitrogen and oxygen atoms in total. The van der Waals surface area contributed by atoms with E-state index in [0.29, 0.717) is 10.0 Å². The first-order valence-electron chi connectivity index (χ1n) is 5.87. The van der Waals surface area contributed by atoms with Crippen molar-refractivity contribution < 1.29 is 4.74 Å². The van der Waals surface area contributed by atoms with Gasteiger partial charge in [0.15, 0.2) is 0 Å². The van der Waals surface area contributed by atoms with Gasteiger partial charge in [-0.15, -0.1) is 0 Å². The Hall–Kier alpha value is -0.350. The molecular formula is C13H15Cl2NOS. The summed E-state index contributed by atoms with van der Waals surface area (Å²) in [4.78, 5) is 2.96. The third kappa shape index (κ3) is 3.15. The Bertz CT molecular complexity index is 456. The van der Waals surface area contributed by atoms with Crippen LogP contribution < -0.4 is 0 Å². The van der Waals surface area contributed by atoms with Gasteiger partial charge < -0.3 is 9.64 Å². The fourth-order valence-electron chi connectivity index (χ4n) is 2.16. The lowest BCUT2D eigenvalue weighted by Crippen LogP contribution is -2.47. The third-order valence-corrected chi connectivity index (χ3v) is 4.11. The summed E-state index contributed by atoms with van der Waals surface area (Å²) in [6, 6.07) is 5.50. The van der Waals surface area contributed by atoms with Gasteiger partial charge in [-0.1, -0.05) is 41.5 Å². The predicted octanol–water partition coefficient (Wildman–Crippen LogP) is 3.78. The summed E-state index contributed by atoms with van der Waals surface area (Å²) in [5.41, 5.74) is 0.931. The molecular weight excluding hydrogens is 289 g/mol. The molecule has 1 saturated heterocycles. The van der Waals surface area contributed by atoms with Gasteiger partial charge in [-0.2, -0.15) is 0 Å². The highest BCUT2D eigenvalue weighted by molar-refractivity contribution is 7.80. The minimum absolute atomic E-state index is 0.189. The number of ether oxygens (including phenoxy) is 1. The molecule has 0 amide bonds.